The minimum absolute atomic E-state index is 0.178. The Hall–Kier alpha value is -1.64. The maximum atomic E-state index is 12.4. The lowest BCUT2D eigenvalue weighted by Crippen LogP contribution is -2.28. The van der Waals surface area contributed by atoms with E-state index in [-0.39, 0.29) is 17.1 Å². The van der Waals surface area contributed by atoms with Gasteiger partial charge in [-0.2, -0.15) is 0 Å². The van der Waals surface area contributed by atoms with E-state index in [9.17, 15) is 13.2 Å². The predicted molar refractivity (Wildman–Crippen MR) is 84.6 cm³/mol. The molecule has 0 saturated heterocycles. The second-order valence-electron chi connectivity index (χ2n) is 5.10. The maximum absolute atomic E-state index is 12.4. The average molecular weight is 327 g/mol. The van der Waals surface area contributed by atoms with Gasteiger partial charge in [-0.1, -0.05) is 0 Å². The summed E-state index contributed by atoms with van der Waals surface area (Å²) in [6, 6.07) is 3.25. The molecule has 1 aromatic heterocycles. The van der Waals surface area contributed by atoms with Crippen LogP contribution in [-0.2, 0) is 28.9 Å². The van der Waals surface area contributed by atoms with E-state index in [1.165, 1.54) is 15.2 Å². The van der Waals surface area contributed by atoms with Gasteiger partial charge < -0.3 is 4.74 Å². The van der Waals surface area contributed by atoms with Gasteiger partial charge in [-0.3, -0.25) is 9.13 Å². The van der Waals surface area contributed by atoms with Crippen LogP contribution in [0.15, 0.2) is 21.8 Å². The maximum Gasteiger partial charge on any atom is 0.328 e. The Bertz CT molecular complexity index is 849. The van der Waals surface area contributed by atoms with Gasteiger partial charge in [0.15, 0.2) is 0 Å². The van der Waals surface area contributed by atoms with E-state index in [4.69, 9.17) is 4.74 Å². The molecule has 0 saturated carbocycles. The smallest absolute Gasteiger partial charge is 0.328 e. The average Bonchev–Trinajstić information content (AvgIpc) is 2.67. The fourth-order valence-electron chi connectivity index (χ4n) is 2.39. The van der Waals surface area contributed by atoms with Crippen LogP contribution in [0.3, 0.4) is 0 Å². The normalized spacial score (nSPS) is 12.2. The van der Waals surface area contributed by atoms with Crippen molar-refractivity contribution in [3.05, 3.63) is 28.2 Å². The molecule has 0 aliphatic heterocycles. The Balaban J connectivity index is 2.45. The van der Waals surface area contributed by atoms with Crippen LogP contribution in [-0.4, -0.2) is 37.3 Å². The zero-order valence-electron chi connectivity index (χ0n) is 13.2. The first-order valence-electron chi connectivity index (χ1n) is 7.03. The molecule has 0 aliphatic rings. The molecule has 0 amide bonds. The molecule has 0 unspecified atom stereocenters. The number of fused-ring (bicyclic) bond motifs is 1. The van der Waals surface area contributed by atoms with Crippen molar-refractivity contribution in [3.8, 4) is 0 Å². The van der Waals surface area contributed by atoms with E-state index in [1.807, 2.05) is 6.92 Å². The molecule has 0 bridgehead atoms. The molecule has 1 aromatic carbocycles. The number of nitrogens with zero attached hydrogens (tertiary/aromatic N) is 2. The summed E-state index contributed by atoms with van der Waals surface area (Å²) in [5.41, 5.74) is 1.70. The zero-order valence-corrected chi connectivity index (χ0v) is 14.0. The van der Waals surface area contributed by atoms with Crippen LogP contribution in [0.1, 0.15) is 12.5 Å². The van der Waals surface area contributed by atoms with Gasteiger partial charge in [-0.15, -0.1) is 0 Å². The minimum Gasteiger partial charge on any atom is -0.380 e. The third-order valence-electron chi connectivity index (χ3n) is 3.60. The van der Waals surface area contributed by atoms with Crippen LogP contribution in [0, 0.1) is 6.92 Å². The third-order valence-corrected chi connectivity index (χ3v) is 5.20. The Morgan fingerprint density at radius 2 is 1.77 bits per heavy atom. The molecule has 0 atom stereocenters. The number of ether oxygens (including phenoxy) is 1. The Kier molecular flexibility index (Phi) is 4.74. The number of hydrogen-bond acceptors (Lipinski definition) is 4. The van der Waals surface area contributed by atoms with Crippen LogP contribution < -0.4 is 10.4 Å². The monoisotopic (exact) mass is 327 g/mol. The highest BCUT2D eigenvalue weighted by atomic mass is 32.2. The lowest BCUT2D eigenvalue weighted by molar-refractivity contribution is 0.153. The topological polar surface area (TPSA) is 82.3 Å². The minimum atomic E-state index is -3.64. The van der Waals surface area contributed by atoms with Crippen LogP contribution in [0.25, 0.3) is 11.0 Å². The van der Waals surface area contributed by atoms with Gasteiger partial charge in [0.25, 0.3) is 0 Å². The highest BCUT2D eigenvalue weighted by Gasteiger charge is 2.19. The van der Waals surface area contributed by atoms with E-state index in [0.29, 0.717) is 29.8 Å². The van der Waals surface area contributed by atoms with Gasteiger partial charge in [-0.25, -0.2) is 17.9 Å². The van der Waals surface area contributed by atoms with Crippen LogP contribution in [0.2, 0.25) is 0 Å². The first-order chi connectivity index (χ1) is 10.3. The van der Waals surface area contributed by atoms with Gasteiger partial charge >= 0.3 is 5.69 Å². The van der Waals surface area contributed by atoms with Crippen molar-refractivity contribution < 1.29 is 13.2 Å². The van der Waals surface area contributed by atoms with Crippen LogP contribution >= 0.6 is 0 Å². The first kappa shape index (κ1) is 16.7. The lowest BCUT2D eigenvalue weighted by Gasteiger charge is -2.10. The summed E-state index contributed by atoms with van der Waals surface area (Å²) < 4.78 is 35.4. The molecule has 1 heterocycles. The Morgan fingerprint density at radius 3 is 2.36 bits per heavy atom. The number of imidazole rings is 1. The quantitative estimate of drug-likeness (QED) is 0.783. The molecule has 2 aromatic rings. The predicted octanol–water partition coefficient (Wildman–Crippen LogP) is 0.500. The summed E-state index contributed by atoms with van der Waals surface area (Å²) in [7, 11) is -0.349. The summed E-state index contributed by atoms with van der Waals surface area (Å²) >= 11 is 0. The lowest BCUT2D eigenvalue weighted by atomic mass is 10.2. The molecule has 0 fully saturated rings. The fourth-order valence-corrected chi connectivity index (χ4v) is 3.65. The molecular formula is C14H21N3O4S. The van der Waals surface area contributed by atoms with Crippen molar-refractivity contribution in [1.29, 1.82) is 0 Å². The molecule has 8 heteroatoms. The Labute approximate surface area is 129 Å². The second-order valence-corrected chi connectivity index (χ2v) is 6.84. The molecule has 7 nitrogen and oxygen atoms in total. The van der Waals surface area contributed by atoms with Crippen molar-refractivity contribution in [2.45, 2.75) is 18.7 Å². The fraction of sp³-hybridized carbons (Fsp3) is 0.500. The number of rotatable bonds is 6. The SMILES string of the molecule is CCOCCNS(=O)(=O)c1cc2c(cc1C)n(C)c(=O)n2C. The van der Waals surface area contributed by atoms with E-state index < -0.39 is 10.0 Å². The summed E-state index contributed by atoms with van der Waals surface area (Å²) in [6.07, 6.45) is 0. The number of hydrogen-bond donors (Lipinski definition) is 1. The number of aryl methyl sites for hydroxylation is 3. The van der Waals surface area contributed by atoms with Crippen molar-refractivity contribution in [3.63, 3.8) is 0 Å². The Morgan fingerprint density at radius 1 is 1.18 bits per heavy atom. The molecule has 1 N–H and O–H groups in total. The van der Waals surface area contributed by atoms with E-state index in [1.54, 1.807) is 27.1 Å². The molecular weight excluding hydrogens is 306 g/mol. The van der Waals surface area contributed by atoms with Gasteiger partial charge in [0, 0.05) is 27.2 Å². The molecule has 2 rings (SSSR count). The largest absolute Gasteiger partial charge is 0.380 e. The van der Waals surface area contributed by atoms with Gasteiger partial charge in [0.1, 0.15) is 0 Å². The number of benzene rings is 1. The number of aromatic nitrogens is 2. The van der Waals surface area contributed by atoms with Gasteiger partial charge in [-0.05, 0) is 31.5 Å². The standard InChI is InChI=1S/C14H21N3O4S/c1-5-21-7-6-15-22(19,20)13-9-12-11(8-10(13)2)16(3)14(18)17(12)4/h8-9,15H,5-7H2,1-4H3. The van der Waals surface area contributed by atoms with Gasteiger partial charge in [0.2, 0.25) is 10.0 Å². The second kappa shape index (κ2) is 6.23. The number of nitrogens with one attached hydrogen (secondary N) is 1. The number of sulfonamides is 1. The molecule has 0 aliphatic carbocycles. The van der Waals surface area contributed by atoms with Crippen LogP contribution in [0.4, 0.5) is 0 Å². The highest BCUT2D eigenvalue weighted by molar-refractivity contribution is 7.89. The van der Waals surface area contributed by atoms with Crippen molar-refractivity contribution in [1.82, 2.24) is 13.9 Å². The summed E-state index contributed by atoms with van der Waals surface area (Å²) in [5.74, 6) is 0. The zero-order chi connectivity index (χ0) is 16.5. The highest BCUT2D eigenvalue weighted by Crippen LogP contribution is 2.22. The summed E-state index contributed by atoms with van der Waals surface area (Å²) in [4.78, 5) is 12.1. The van der Waals surface area contributed by atoms with E-state index in [0.717, 1.165) is 0 Å². The third kappa shape index (κ3) is 2.94. The molecule has 0 spiro atoms. The van der Waals surface area contributed by atoms with Crippen molar-refractivity contribution in [2.75, 3.05) is 19.8 Å². The van der Waals surface area contributed by atoms with Gasteiger partial charge in [0.05, 0.1) is 22.5 Å². The molecule has 122 valence electrons. The molecule has 0 radical (unpaired) electrons. The van der Waals surface area contributed by atoms with Crippen molar-refractivity contribution in [2.24, 2.45) is 14.1 Å². The van der Waals surface area contributed by atoms with E-state index >= 15 is 0 Å². The summed E-state index contributed by atoms with van der Waals surface area (Å²) in [5, 5.41) is 0. The van der Waals surface area contributed by atoms with Crippen LogP contribution in [0.5, 0.6) is 0 Å². The van der Waals surface area contributed by atoms with E-state index in [2.05, 4.69) is 4.72 Å². The summed E-state index contributed by atoms with van der Waals surface area (Å²) in [6.45, 7) is 4.64. The molecule has 22 heavy (non-hydrogen) atoms. The first-order valence-corrected chi connectivity index (χ1v) is 8.51. The van der Waals surface area contributed by atoms with Crippen molar-refractivity contribution >= 4 is 21.1 Å².